The number of benzene rings is 1. The average molecular weight is 428 g/mol. The molecule has 1 aliphatic carbocycles. The first-order chi connectivity index (χ1) is 14.6. The van der Waals surface area contributed by atoms with E-state index >= 15 is 0 Å². The zero-order valence-corrected chi connectivity index (χ0v) is 17.2. The number of carbonyl (C=O) groups is 2. The van der Waals surface area contributed by atoms with Crippen molar-refractivity contribution in [3.8, 4) is 11.3 Å². The zero-order chi connectivity index (χ0) is 20.9. The molecular weight excluding hydrogens is 405 g/mol. The summed E-state index contributed by atoms with van der Waals surface area (Å²) in [7, 11) is 0. The van der Waals surface area contributed by atoms with Crippen molar-refractivity contribution in [2.24, 2.45) is 0 Å². The molecule has 1 aliphatic rings. The van der Waals surface area contributed by atoms with Crippen molar-refractivity contribution < 1.29 is 18.4 Å². The van der Waals surface area contributed by atoms with Gasteiger partial charge in [-0.3, -0.25) is 20.4 Å². The van der Waals surface area contributed by atoms with Crippen molar-refractivity contribution in [2.75, 3.05) is 0 Å². The Hall–Kier alpha value is -3.00. The van der Waals surface area contributed by atoms with Crippen molar-refractivity contribution in [1.29, 1.82) is 0 Å². The third-order valence-corrected chi connectivity index (χ3v) is 6.28. The number of amides is 2. The molecule has 156 valence electrons. The summed E-state index contributed by atoms with van der Waals surface area (Å²) in [6.07, 6.45) is 7.33. The molecule has 0 radical (unpaired) electrons. The Balaban J connectivity index is 1.26. The molecule has 0 saturated heterocycles. The van der Waals surface area contributed by atoms with Crippen LogP contribution in [0.25, 0.3) is 11.3 Å². The van der Waals surface area contributed by atoms with Crippen LogP contribution in [0.4, 0.5) is 4.39 Å². The van der Waals surface area contributed by atoms with Crippen LogP contribution in [0.1, 0.15) is 51.7 Å². The lowest BCUT2D eigenvalue weighted by Gasteiger charge is -2.05. The number of nitrogens with one attached hydrogen (secondary N) is 2. The van der Waals surface area contributed by atoms with Gasteiger partial charge in [-0.15, -0.1) is 11.3 Å². The maximum Gasteiger partial charge on any atom is 0.279 e. The van der Waals surface area contributed by atoms with Crippen LogP contribution < -0.4 is 10.9 Å². The van der Waals surface area contributed by atoms with Gasteiger partial charge in [0.25, 0.3) is 5.91 Å². The van der Waals surface area contributed by atoms with Crippen LogP contribution >= 0.6 is 11.3 Å². The minimum atomic E-state index is -0.397. The highest BCUT2D eigenvalue weighted by atomic mass is 32.1. The number of halogens is 1. The molecule has 0 bridgehead atoms. The summed E-state index contributed by atoms with van der Waals surface area (Å²) in [5.41, 5.74) is 6.47. The van der Waals surface area contributed by atoms with E-state index in [1.165, 1.54) is 40.5 Å². The summed E-state index contributed by atoms with van der Waals surface area (Å²) in [4.78, 5) is 30.4. The Labute approximate surface area is 177 Å². The summed E-state index contributed by atoms with van der Waals surface area (Å²) in [5.74, 6) is -0.413. The van der Waals surface area contributed by atoms with Crippen molar-refractivity contribution >= 4 is 23.2 Å². The molecule has 0 unspecified atom stereocenters. The molecule has 0 fully saturated rings. The smallest absolute Gasteiger partial charge is 0.279 e. The average Bonchev–Trinajstić information content (AvgIpc) is 3.33. The lowest BCUT2D eigenvalue weighted by Crippen LogP contribution is -2.41. The number of nitrogens with zero attached hydrogens (tertiary/aromatic N) is 1. The van der Waals surface area contributed by atoms with Crippen LogP contribution in [-0.4, -0.2) is 16.8 Å². The molecule has 6 nitrogen and oxygen atoms in total. The molecule has 8 heteroatoms. The number of oxazole rings is 1. The molecule has 4 rings (SSSR count). The normalized spacial score (nSPS) is 13.4. The maximum absolute atomic E-state index is 13.8. The predicted octanol–water partition coefficient (Wildman–Crippen LogP) is 4.20. The third kappa shape index (κ3) is 4.76. The van der Waals surface area contributed by atoms with Crippen molar-refractivity contribution in [3.63, 3.8) is 0 Å². The molecule has 0 aliphatic heterocycles. The van der Waals surface area contributed by atoms with E-state index in [4.69, 9.17) is 4.42 Å². The standard InChI is InChI=1S/C22H22FN3O3S/c23-16-8-5-4-7-15(16)17-13-24-21(29-17)11-10-20(27)25-26-22(28)19-12-14-6-2-1-3-9-18(14)30-19/h4-5,7-8,12-13H,1-3,6,9-11H2,(H,25,27)(H,26,28). The van der Waals surface area contributed by atoms with Gasteiger partial charge in [-0.05, 0) is 49.4 Å². The number of aromatic nitrogens is 1. The number of fused-ring (bicyclic) bond motifs is 1. The highest BCUT2D eigenvalue weighted by Gasteiger charge is 2.17. The fourth-order valence-electron chi connectivity index (χ4n) is 3.46. The number of hydrazine groups is 1. The Morgan fingerprint density at radius 1 is 1.13 bits per heavy atom. The van der Waals surface area contributed by atoms with Crippen LogP contribution in [-0.2, 0) is 24.1 Å². The number of carbonyl (C=O) groups excluding carboxylic acids is 2. The van der Waals surface area contributed by atoms with E-state index < -0.39 is 5.82 Å². The SMILES string of the molecule is O=C(CCc1ncc(-c2ccccc2F)o1)NNC(=O)c1cc2c(s1)CCCCC2. The van der Waals surface area contributed by atoms with Crippen LogP contribution in [0.15, 0.2) is 40.9 Å². The molecule has 2 N–H and O–H groups in total. The van der Waals surface area contributed by atoms with Crippen LogP contribution in [0.3, 0.4) is 0 Å². The predicted molar refractivity (Wildman–Crippen MR) is 111 cm³/mol. The van der Waals surface area contributed by atoms with Crippen molar-refractivity contribution in [1.82, 2.24) is 15.8 Å². The van der Waals surface area contributed by atoms with E-state index in [0.717, 1.165) is 25.7 Å². The van der Waals surface area contributed by atoms with Gasteiger partial charge >= 0.3 is 0 Å². The number of hydrogen-bond donors (Lipinski definition) is 2. The fraction of sp³-hybridized carbons (Fsp3) is 0.318. The van der Waals surface area contributed by atoms with E-state index in [2.05, 4.69) is 15.8 Å². The largest absolute Gasteiger partial charge is 0.441 e. The highest BCUT2D eigenvalue weighted by molar-refractivity contribution is 7.14. The summed E-state index contributed by atoms with van der Waals surface area (Å²) >= 11 is 1.50. The van der Waals surface area contributed by atoms with Gasteiger partial charge in [-0.25, -0.2) is 9.37 Å². The monoisotopic (exact) mass is 427 g/mol. The minimum absolute atomic E-state index is 0.0818. The number of aryl methyl sites for hydroxylation is 3. The van der Waals surface area contributed by atoms with E-state index in [0.29, 0.717) is 22.1 Å². The first kappa shape index (κ1) is 20.3. The fourth-order valence-corrected chi connectivity index (χ4v) is 4.61. The molecule has 30 heavy (non-hydrogen) atoms. The highest BCUT2D eigenvalue weighted by Crippen LogP contribution is 2.29. The van der Waals surface area contributed by atoms with Crippen molar-refractivity contribution in [3.05, 3.63) is 63.6 Å². The molecule has 2 heterocycles. The van der Waals surface area contributed by atoms with E-state index in [1.54, 1.807) is 18.2 Å². The van der Waals surface area contributed by atoms with E-state index in [9.17, 15) is 14.0 Å². The van der Waals surface area contributed by atoms with E-state index in [1.807, 2.05) is 6.07 Å². The van der Waals surface area contributed by atoms with Crippen LogP contribution in [0, 0.1) is 5.82 Å². The lowest BCUT2D eigenvalue weighted by atomic mass is 10.1. The minimum Gasteiger partial charge on any atom is -0.441 e. The van der Waals surface area contributed by atoms with Crippen molar-refractivity contribution in [2.45, 2.75) is 44.9 Å². The van der Waals surface area contributed by atoms with Gasteiger partial charge in [0, 0.05) is 17.7 Å². The van der Waals surface area contributed by atoms with E-state index in [-0.39, 0.29) is 24.7 Å². The quantitative estimate of drug-likeness (QED) is 0.472. The number of rotatable bonds is 5. The molecule has 0 saturated carbocycles. The van der Waals surface area contributed by atoms with Gasteiger partial charge in [-0.1, -0.05) is 18.6 Å². The van der Waals surface area contributed by atoms with Gasteiger partial charge in [-0.2, -0.15) is 0 Å². The molecule has 3 aromatic rings. The molecule has 2 aromatic heterocycles. The second kappa shape index (κ2) is 9.21. The van der Waals surface area contributed by atoms with Gasteiger partial charge in [0.1, 0.15) is 5.82 Å². The second-order valence-corrected chi connectivity index (χ2v) is 8.36. The van der Waals surface area contributed by atoms with Gasteiger partial charge < -0.3 is 4.42 Å². The topological polar surface area (TPSA) is 84.2 Å². The molecule has 2 amide bonds. The molecule has 1 aromatic carbocycles. The number of thiophene rings is 1. The second-order valence-electron chi connectivity index (χ2n) is 7.22. The Kier molecular flexibility index (Phi) is 6.23. The van der Waals surface area contributed by atoms with Gasteiger partial charge in [0.15, 0.2) is 11.7 Å². The summed E-state index contributed by atoms with van der Waals surface area (Å²) in [6.45, 7) is 0. The Bertz CT molecular complexity index is 1040. The third-order valence-electron chi connectivity index (χ3n) is 5.04. The molecule has 0 spiro atoms. The summed E-state index contributed by atoms with van der Waals surface area (Å²) in [6, 6.07) is 8.19. The lowest BCUT2D eigenvalue weighted by molar-refractivity contribution is -0.121. The molecular formula is C22H22FN3O3S. The first-order valence-corrected chi connectivity index (χ1v) is 10.8. The Morgan fingerprint density at radius 3 is 2.83 bits per heavy atom. The number of hydrogen-bond acceptors (Lipinski definition) is 5. The zero-order valence-electron chi connectivity index (χ0n) is 16.4. The summed E-state index contributed by atoms with van der Waals surface area (Å²) < 4.78 is 19.4. The van der Waals surface area contributed by atoms with Crippen LogP contribution in [0.2, 0.25) is 0 Å². The first-order valence-electron chi connectivity index (χ1n) is 10.0. The molecule has 0 atom stereocenters. The van der Waals surface area contributed by atoms with Gasteiger partial charge in [0.2, 0.25) is 5.91 Å². The summed E-state index contributed by atoms with van der Waals surface area (Å²) in [5, 5.41) is 0. The van der Waals surface area contributed by atoms with Crippen LogP contribution in [0.5, 0.6) is 0 Å². The van der Waals surface area contributed by atoms with Gasteiger partial charge in [0.05, 0.1) is 16.6 Å². The maximum atomic E-state index is 13.8. The Morgan fingerprint density at radius 2 is 1.97 bits per heavy atom.